The van der Waals surface area contributed by atoms with E-state index in [1.54, 1.807) is 0 Å². The van der Waals surface area contributed by atoms with Crippen LogP contribution in [0, 0.1) is 0 Å². The molecule has 5 heteroatoms. The highest BCUT2D eigenvalue weighted by Crippen LogP contribution is 2.40. The van der Waals surface area contributed by atoms with Crippen molar-refractivity contribution < 1.29 is 14.6 Å². The van der Waals surface area contributed by atoms with E-state index in [1.165, 1.54) is 5.56 Å². The van der Waals surface area contributed by atoms with E-state index in [2.05, 4.69) is 21.9 Å². The van der Waals surface area contributed by atoms with Gasteiger partial charge in [-0.2, -0.15) is 0 Å². The molecular weight excluding hydrogens is 352 g/mol. The molecule has 1 aromatic carbocycles. The summed E-state index contributed by atoms with van der Waals surface area (Å²) < 4.78 is 5.91. The average Bonchev–Trinajstić information content (AvgIpc) is 3.12. The quantitative estimate of drug-likeness (QED) is 0.764. The summed E-state index contributed by atoms with van der Waals surface area (Å²) in [5.41, 5.74) is 0.891. The fourth-order valence-electron chi connectivity index (χ4n) is 5.46. The van der Waals surface area contributed by atoms with E-state index in [0.717, 1.165) is 71.0 Å². The van der Waals surface area contributed by atoms with Crippen LogP contribution < -0.4 is 0 Å². The molecule has 3 aliphatic rings. The van der Waals surface area contributed by atoms with Gasteiger partial charge in [-0.1, -0.05) is 30.3 Å². The van der Waals surface area contributed by atoms with Crippen LogP contribution in [-0.2, 0) is 16.1 Å². The summed E-state index contributed by atoms with van der Waals surface area (Å²) in [4.78, 5) is 18.1. The molecule has 4 rings (SSSR count). The molecule has 1 amide bonds. The molecule has 28 heavy (non-hydrogen) atoms. The van der Waals surface area contributed by atoms with Crippen molar-refractivity contribution in [3.8, 4) is 0 Å². The lowest BCUT2D eigenvalue weighted by atomic mass is 9.82. The number of piperidine rings is 1. The summed E-state index contributed by atoms with van der Waals surface area (Å²) >= 11 is 0. The van der Waals surface area contributed by atoms with Crippen LogP contribution in [0.1, 0.15) is 56.9 Å². The number of likely N-dealkylation sites (tertiary alicyclic amines) is 2. The Balaban J connectivity index is 1.34. The molecule has 2 heterocycles. The summed E-state index contributed by atoms with van der Waals surface area (Å²) in [5, 5.41) is 9.82. The van der Waals surface area contributed by atoms with E-state index in [-0.39, 0.29) is 11.6 Å². The second-order valence-electron chi connectivity index (χ2n) is 8.72. The van der Waals surface area contributed by atoms with Gasteiger partial charge in [0.1, 0.15) is 5.54 Å². The van der Waals surface area contributed by atoms with Crippen molar-refractivity contribution in [3.63, 3.8) is 0 Å². The molecule has 1 aliphatic carbocycles. The van der Waals surface area contributed by atoms with Crippen molar-refractivity contribution in [1.29, 1.82) is 0 Å². The topological polar surface area (TPSA) is 53.0 Å². The number of aliphatic hydroxyl groups is 1. The minimum atomic E-state index is -0.301. The normalized spacial score (nSPS) is 31.6. The van der Waals surface area contributed by atoms with E-state index >= 15 is 0 Å². The molecule has 1 atom stereocenters. The monoisotopic (exact) mass is 386 g/mol. The van der Waals surface area contributed by atoms with Crippen LogP contribution in [0.2, 0.25) is 0 Å². The second kappa shape index (κ2) is 8.93. The molecule has 5 nitrogen and oxygen atoms in total. The number of ether oxygens (including phenoxy) is 1. The molecule has 1 N–H and O–H groups in total. The van der Waals surface area contributed by atoms with Crippen LogP contribution in [0.4, 0.5) is 0 Å². The third-order valence-corrected chi connectivity index (χ3v) is 7.00. The van der Waals surface area contributed by atoms with E-state index in [0.29, 0.717) is 25.2 Å². The Labute approximate surface area is 168 Å². The van der Waals surface area contributed by atoms with Crippen molar-refractivity contribution in [1.82, 2.24) is 9.80 Å². The number of nitrogens with zero attached hydrogens (tertiary/aromatic N) is 2. The molecule has 0 bridgehead atoms. The molecule has 1 unspecified atom stereocenters. The van der Waals surface area contributed by atoms with Gasteiger partial charge in [-0.3, -0.25) is 9.69 Å². The summed E-state index contributed by atoms with van der Waals surface area (Å²) in [5.74, 6) is 0.348. The maximum Gasteiger partial charge on any atom is 0.243 e. The van der Waals surface area contributed by atoms with Gasteiger partial charge < -0.3 is 14.7 Å². The van der Waals surface area contributed by atoms with Crippen LogP contribution in [0.25, 0.3) is 0 Å². The number of aliphatic hydroxyl groups excluding tert-OH is 1. The van der Waals surface area contributed by atoms with E-state index in [9.17, 15) is 9.90 Å². The van der Waals surface area contributed by atoms with Gasteiger partial charge in [0.25, 0.3) is 0 Å². The molecular formula is C23H34N2O3. The summed E-state index contributed by atoms with van der Waals surface area (Å²) in [7, 11) is 0. The predicted molar refractivity (Wildman–Crippen MR) is 109 cm³/mol. The van der Waals surface area contributed by atoms with Gasteiger partial charge in [-0.15, -0.1) is 0 Å². The first-order valence-electron chi connectivity index (χ1n) is 11.0. The van der Waals surface area contributed by atoms with Crippen LogP contribution in [0.3, 0.4) is 0 Å². The van der Waals surface area contributed by atoms with Gasteiger partial charge in [-0.25, -0.2) is 0 Å². The van der Waals surface area contributed by atoms with Crippen LogP contribution in [0.15, 0.2) is 30.3 Å². The number of hydrogen-bond acceptors (Lipinski definition) is 4. The highest BCUT2D eigenvalue weighted by molar-refractivity contribution is 5.87. The number of amides is 1. The van der Waals surface area contributed by atoms with E-state index in [1.807, 2.05) is 18.2 Å². The molecule has 0 aromatic heterocycles. The van der Waals surface area contributed by atoms with Crippen molar-refractivity contribution in [2.45, 2.75) is 75.7 Å². The fourth-order valence-corrected chi connectivity index (χ4v) is 5.46. The highest BCUT2D eigenvalue weighted by Gasteiger charge is 2.51. The Morgan fingerprint density at radius 2 is 1.75 bits per heavy atom. The smallest absolute Gasteiger partial charge is 0.243 e. The molecule has 1 saturated carbocycles. The van der Waals surface area contributed by atoms with Crippen LogP contribution >= 0.6 is 0 Å². The summed E-state index contributed by atoms with van der Waals surface area (Å²) in [6.45, 7) is 4.01. The van der Waals surface area contributed by atoms with Gasteiger partial charge in [-0.05, 0) is 63.5 Å². The first kappa shape index (κ1) is 19.9. The minimum Gasteiger partial charge on any atom is -0.393 e. The molecule has 3 fully saturated rings. The van der Waals surface area contributed by atoms with Gasteiger partial charge in [0.05, 0.1) is 19.3 Å². The largest absolute Gasteiger partial charge is 0.393 e. The predicted octanol–water partition coefficient (Wildman–Crippen LogP) is 2.96. The zero-order valence-electron chi connectivity index (χ0n) is 16.9. The zero-order valence-corrected chi connectivity index (χ0v) is 16.9. The maximum atomic E-state index is 13.6. The lowest BCUT2D eigenvalue weighted by Crippen LogP contribution is -2.62. The lowest BCUT2D eigenvalue weighted by Gasteiger charge is -2.48. The van der Waals surface area contributed by atoms with Gasteiger partial charge in [0, 0.05) is 19.1 Å². The van der Waals surface area contributed by atoms with Gasteiger partial charge >= 0.3 is 0 Å². The van der Waals surface area contributed by atoms with E-state index < -0.39 is 0 Å². The Hall–Kier alpha value is -1.43. The number of rotatable bonds is 6. The number of carbonyl (C=O) groups is 1. The Bertz CT molecular complexity index is 645. The number of benzene rings is 1. The van der Waals surface area contributed by atoms with E-state index in [4.69, 9.17) is 4.74 Å². The SMILES string of the molecule is O=C1N(C2CCC(O)CC2)CCCC12CCCN2CCOCc1ccccc1. The first-order chi connectivity index (χ1) is 13.7. The number of hydrogen-bond donors (Lipinski definition) is 1. The standard InChI is InChI=1S/C23H34N2O3/c26-21-10-8-20(9-11-21)25-15-5-13-23(22(25)27)12-4-14-24(23)16-17-28-18-19-6-2-1-3-7-19/h1-3,6-7,20-21,26H,4-5,8-18H2. The molecule has 154 valence electrons. The van der Waals surface area contributed by atoms with Crippen molar-refractivity contribution in [2.75, 3.05) is 26.2 Å². The highest BCUT2D eigenvalue weighted by atomic mass is 16.5. The summed E-state index contributed by atoms with van der Waals surface area (Å²) in [6.07, 6.45) is 7.54. The Morgan fingerprint density at radius 3 is 2.50 bits per heavy atom. The minimum absolute atomic E-state index is 0.171. The lowest BCUT2D eigenvalue weighted by molar-refractivity contribution is -0.152. The maximum absolute atomic E-state index is 13.6. The third kappa shape index (κ3) is 4.12. The van der Waals surface area contributed by atoms with Crippen molar-refractivity contribution in [2.24, 2.45) is 0 Å². The molecule has 2 saturated heterocycles. The second-order valence-corrected chi connectivity index (χ2v) is 8.72. The fraction of sp³-hybridized carbons (Fsp3) is 0.696. The third-order valence-electron chi connectivity index (χ3n) is 7.00. The van der Waals surface area contributed by atoms with Gasteiger partial charge in [0.2, 0.25) is 5.91 Å². The molecule has 2 aliphatic heterocycles. The molecule has 1 spiro atoms. The zero-order chi connectivity index (χ0) is 19.4. The molecule has 1 aromatic rings. The Morgan fingerprint density at radius 1 is 1.04 bits per heavy atom. The summed E-state index contributed by atoms with van der Waals surface area (Å²) in [6, 6.07) is 10.6. The first-order valence-corrected chi connectivity index (χ1v) is 11.0. The van der Waals surface area contributed by atoms with Gasteiger partial charge in [0.15, 0.2) is 0 Å². The van der Waals surface area contributed by atoms with Crippen molar-refractivity contribution >= 4 is 5.91 Å². The van der Waals surface area contributed by atoms with Crippen molar-refractivity contribution in [3.05, 3.63) is 35.9 Å². The molecule has 0 radical (unpaired) electrons. The Kier molecular flexibility index (Phi) is 6.34. The number of carbonyl (C=O) groups excluding carboxylic acids is 1. The average molecular weight is 387 g/mol. The van der Waals surface area contributed by atoms with Crippen LogP contribution in [-0.4, -0.2) is 64.7 Å². The van der Waals surface area contributed by atoms with Crippen LogP contribution in [0.5, 0.6) is 0 Å².